The first-order chi connectivity index (χ1) is 21.7. The Morgan fingerprint density at radius 2 is 1.61 bits per heavy atom. The zero-order chi connectivity index (χ0) is 33.6. The third-order valence-corrected chi connectivity index (χ3v) is 8.33. The van der Waals surface area contributed by atoms with E-state index in [0.717, 1.165) is 5.56 Å². The molecule has 0 aromatic heterocycles. The highest BCUT2D eigenvalue weighted by molar-refractivity contribution is 7.89. The van der Waals surface area contributed by atoms with Crippen LogP contribution in [0.25, 0.3) is 0 Å². The van der Waals surface area contributed by atoms with Gasteiger partial charge in [0.2, 0.25) is 27.7 Å². The standard InChI is InChI=1S/C32H37N5O8S/c1-18(2)28-32(42)35-19(3)29(39)36-26(31(41)34-15-14-20-6-11-24(12-7-20)46(33,43)44)16-21-4-8-22(9-5-21)45-23-10-13-27(38)25(17-23)30(40)37-28/h4-13,17-19,26,28,38H,14-16H2,1-3H3,(H,34,41)(H,35,42)(H,36,39)(H,37,40)(H2,33,43,44)/t19-,26+,28-/m0/s1. The van der Waals surface area contributed by atoms with Gasteiger partial charge in [-0.25, -0.2) is 13.6 Å². The Morgan fingerprint density at radius 1 is 0.957 bits per heavy atom. The highest BCUT2D eigenvalue weighted by atomic mass is 32.2. The molecule has 5 rings (SSSR count). The van der Waals surface area contributed by atoms with E-state index in [1.54, 1.807) is 50.2 Å². The number of ether oxygens (including phenoxy) is 1. The molecule has 2 heterocycles. The molecule has 4 amide bonds. The molecule has 2 aliphatic rings. The van der Waals surface area contributed by atoms with E-state index in [1.165, 1.54) is 37.3 Å². The molecule has 3 atom stereocenters. The van der Waals surface area contributed by atoms with Gasteiger partial charge in [0.05, 0.1) is 10.5 Å². The zero-order valence-corrected chi connectivity index (χ0v) is 26.4. The van der Waals surface area contributed by atoms with Crippen LogP contribution in [-0.4, -0.2) is 61.8 Å². The minimum absolute atomic E-state index is 0.0206. The average molecular weight is 652 g/mol. The fraction of sp³-hybridized carbons (Fsp3) is 0.312. The second-order valence-corrected chi connectivity index (χ2v) is 12.9. The van der Waals surface area contributed by atoms with Gasteiger partial charge in [-0.2, -0.15) is 0 Å². The summed E-state index contributed by atoms with van der Waals surface area (Å²) in [6.45, 7) is 5.10. The van der Waals surface area contributed by atoms with Gasteiger partial charge >= 0.3 is 0 Å². The van der Waals surface area contributed by atoms with Gasteiger partial charge in [-0.3, -0.25) is 19.2 Å². The van der Waals surface area contributed by atoms with E-state index in [2.05, 4.69) is 21.3 Å². The molecule has 14 heteroatoms. The number of nitrogens with one attached hydrogen (secondary N) is 4. The maximum Gasteiger partial charge on any atom is 0.255 e. The van der Waals surface area contributed by atoms with Gasteiger partial charge in [-0.15, -0.1) is 0 Å². The molecule has 0 unspecified atom stereocenters. The smallest absolute Gasteiger partial charge is 0.255 e. The molecule has 0 radical (unpaired) electrons. The van der Waals surface area contributed by atoms with Crippen molar-refractivity contribution in [2.45, 2.75) is 56.6 Å². The van der Waals surface area contributed by atoms with E-state index in [4.69, 9.17) is 9.88 Å². The average Bonchev–Trinajstić information content (AvgIpc) is 3.00. The van der Waals surface area contributed by atoms with E-state index >= 15 is 0 Å². The lowest BCUT2D eigenvalue weighted by Crippen LogP contribution is -2.57. The van der Waals surface area contributed by atoms with Gasteiger partial charge in [0.25, 0.3) is 5.91 Å². The van der Waals surface area contributed by atoms with Crippen LogP contribution in [0.4, 0.5) is 0 Å². The summed E-state index contributed by atoms with van der Waals surface area (Å²) < 4.78 is 28.9. The normalized spacial score (nSPS) is 19.2. The number of aromatic hydroxyl groups is 1. The monoisotopic (exact) mass is 651 g/mol. The molecule has 0 aliphatic carbocycles. The number of benzene rings is 3. The molecule has 46 heavy (non-hydrogen) atoms. The Hall–Kier alpha value is -4.95. The molecular formula is C32H37N5O8S. The number of hydrogen-bond donors (Lipinski definition) is 6. The summed E-state index contributed by atoms with van der Waals surface area (Å²) in [5, 5.41) is 26.2. The summed E-state index contributed by atoms with van der Waals surface area (Å²) in [6, 6.07) is 13.8. The number of primary sulfonamides is 1. The fourth-order valence-electron chi connectivity index (χ4n) is 4.75. The van der Waals surface area contributed by atoms with Crippen molar-refractivity contribution < 1.29 is 37.4 Å². The number of carbonyl (C=O) groups excluding carboxylic acids is 4. The van der Waals surface area contributed by atoms with Gasteiger partial charge in [0.15, 0.2) is 0 Å². The number of sulfonamides is 1. The first-order valence-corrected chi connectivity index (χ1v) is 16.2. The molecule has 0 fully saturated rings. The van der Waals surface area contributed by atoms with Crippen molar-refractivity contribution in [3.63, 3.8) is 0 Å². The summed E-state index contributed by atoms with van der Waals surface area (Å²) >= 11 is 0. The molecule has 13 nitrogen and oxygen atoms in total. The number of rotatable bonds is 6. The molecule has 7 N–H and O–H groups in total. The second-order valence-electron chi connectivity index (χ2n) is 11.3. The Kier molecular flexibility index (Phi) is 10.6. The number of fused-ring (bicyclic) bond motifs is 11. The molecular weight excluding hydrogens is 614 g/mol. The Morgan fingerprint density at radius 3 is 2.24 bits per heavy atom. The summed E-state index contributed by atoms with van der Waals surface area (Å²) in [6.07, 6.45) is 0.507. The molecule has 244 valence electrons. The lowest BCUT2D eigenvalue weighted by Gasteiger charge is -2.25. The van der Waals surface area contributed by atoms with Crippen molar-refractivity contribution in [3.8, 4) is 17.2 Å². The van der Waals surface area contributed by atoms with Crippen molar-refractivity contribution in [3.05, 3.63) is 83.4 Å². The predicted octanol–water partition coefficient (Wildman–Crippen LogP) is 1.49. The quantitative estimate of drug-likeness (QED) is 0.215. The highest BCUT2D eigenvalue weighted by Gasteiger charge is 2.30. The molecule has 3 aromatic rings. The van der Waals surface area contributed by atoms with Crippen LogP contribution in [0.5, 0.6) is 17.2 Å². The lowest BCUT2D eigenvalue weighted by atomic mass is 10.0. The van der Waals surface area contributed by atoms with Gasteiger partial charge in [-0.05, 0) is 72.9 Å². The number of amides is 4. The number of carbonyl (C=O) groups is 4. The van der Waals surface area contributed by atoms with Gasteiger partial charge in [-0.1, -0.05) is 38.1 Å². The van der Waals surface area contributed by atoms with Crippen LogP contribution in [0.3, 0.4) is 0 Å². The molecule has 0 saturated heterocycles. The molecule has 0 saturated carbocycles. The van der Waals surface area contributed by atoms with E-state index in [-0.39, 0.29) is 40.8 Å². The van der Waals surface area contributed by atoms with Crippen LogP contribution in [0.2, 0.25) is 0 Å². The van der Waals surface area contributed by atoms with Crippen LogP contribution >= 0.6 is 0 Å². The minimum atomic E-state index is -3.82. The molecule has 3 aromatic carbocycles. The Balaban J connectivity index is 1.56. The second kappa shape index (κ2) is 14.4. The van der Waals surface area contributed by atoms with E-state index in [1.807, 2.05) is 0 Å². The van der Waals surface area contributed by atoms with Crippen LogP contribution in [-0.2, 0) is 37.2 Å². The molecule has 2 aliphatic heterocycles. The maximum atomic E-state index is 13.3. The highest BCUT2D eigenvalue weighted by Crippen LogP contribution is 2.28. The Labute approximate surface area is 267 Å². The van der Waals surface area contributed by atoms with E-state index in [0.29, 0.717) is 17.7 Å². The van der Waals surface area contributed by atoms with Crippen molar-refractivity contribution in [1.29, 1.82) is 0 Å². The van der Waals surface area contributed by atoms with Crippen LogP contribution < -0.4 is 31.1 Å². The summed E-state index contributed by atoms with van der Waals surface area (Å²) in [7, 11) is -3.82. The van der Waals surface area contributed by atoms with E-state index in [9.17, 15) is 32.7 Å². The SMILES string of the molecule is CC(C)[C@@H]1NC(=O)c2cc(ccc2O)Oc2ccc(cc2)C[C@H](C(=O)NCCc2ccc(S(N)(=O)=O)cc2)NC(=O)[C@H](C)NC1=O. The molecule has 4 bridgehead atoms. The third kappa shape index (κ3) is 8.82. The van der Waals surface area contributed by atoms with Crippen molar-refractivity contribution in [2.24, 2.45) is 11.1 Å². The van der Waals surface area contributed by atoms with Crippen LogP contribution in [0, 0.1) is 5.92 Å². The van der Waals surface area contributed by atoms with E-state index < -0.39 is 51.8 Å². The van der Waals surface area contributed by atoms with Gasteiger partial charge in [0, 0.05) is 13.0 Å². The van der Waals surface area contributed by atoms with Gasteiger partial charge < -0.3 is 31.1 Å². The first kappa shape index (κ1) is 33.9. The number of hydrogen-bond acceptors (Lipinski definition) is 8. The lowest BCUT2D eigenvalue weighted by molar-refractivity contribution is -0.132. The van der Waals surface area contributed by atoms with Crippen molar-refractivity contribution >= 4 is 33.7 Å². The minimum Gasteiger partial charge on any atom is -0.507 e. The predicted molar refractivity (Wildman–Crippen MR) is 168 cm³/mol. The van der Waals surface area contributed by atoms with Crippen molar-refractivity contribution in [2.75, 3.05) is 6.54 Å². The third-order valence-electron chi connectivity index (χ3n) is 7.40. The fourth-order valence-corrected chi connectivity index (χ4v) is 5.27. The topological polar surface area (TPSA) is 206 Å². The van der Waals surface area contributed by atoms with Crippen LogP contribution in [0.15, 0.2) is 71.6 Å². The largest absolute Gasteiger partial charge is 0.507 e. The Bertz CT molecular complexity index is 1710. The summed E-state index contributed by atoms with van der Waals surface area (Å²) in [5.41, 5.74) is 1.38. The first-order valence-electron chi connectivity index (χ1n) is 14.6. The zero-order valence-electron chi connectivity index (χ0n) is 25.6. The summed E-state index contributed by atoms with van der Waals surface area (Å²) in [4.78, 5) is 52.8. The van der Waals surface area contributed by atoms with Crippen LogP contribution in [0.1, 0.15) is 42.3 Å². The maximum absolute atomic E-state index is 13.3. The van der Waals surface area contributed by atoms with Gasteiger partial charge in [0.1, 0.15) is 35.4 Å². The number of phenolic OH excluding ortho intramolecular Hbond substituents is 1. The summed E-state index contributed by atoms with van der Waals surface area (Å²) in [5.74, 6) is -2.38. The number of phenols is 1. The number of nitrogens with two attached hydrogens (primary N) is 1. The molecule has 0 spiro atoms. The van der Waals surface area contributed by atoms with Crippen molar-refractivity contribution in [1.82, 2.24) is 21.3 Å².